The summed E-state index contributed by atoms with van der Waals surface area (Å²) in [4.78, 5) is 2.31. The molecule has 0 unspecified atom stereocenters. The molecule has 0 aromatic rings. The molecular weight excluding hydrogens is 230 g/mol. The Labute approximate surface area is 89.4 Å². The first kappa shape index (κ1) is 11.2. The zero-order chi connectivity index (χ0) is 9.84. The van der Waals surface area contributed by atoms with Gasteiger partial charge in [0.2, 0.25) is 0 Å². The first-order valence-corrected chi connectivity index (χ1v) is 5.42. The Hall–Kier alpha value is 0.140. The number of hydrogen-bond donors (Lipinski definition) is 0. The fourth-order valence-corrected chi connectivity index (χ4v) is 1.86. The molecule has 1 fully saturated rings. The third kappa shape index (κ3) is 3.79. The summed E-state index contributed by atoms with van der Waals surface area (Å²) in [6, 6.07) is 0.620. The molecular formula is C10H18BrNO. The lowest BCUT2D eigenvalue weighted by Gasteiger charge is -2.27. The summed E-state index contributed by atoms with van der Waals surface area (Å²) in [7, 11) is 0. The predicted molar refractivity (Wildman–Crippen MR) is 58.6 cm³/mol. The van der Waals surface area contributed by atoms with Crippen molar-refractivity contribution in [2.45, 2.75) is 32.7 Å². The number of rotatable bonds is 6. The van der Waals surface area contributed by atoms with Gasteiger partial charge in [-0.05, 0) is 32.6 Å². The Morgan fingerprint density at radius 1 is 1.69 bits per heavy atom. The van der Waals surface area contributed by atoms with Gasteiger partial charge >= 0.3 is 0 Å². The summed E-state index contributed by atoms with van der Waals surface area (Å²) in [6.07, 6.45) is 2.74. The second kappa shape index (κ2) is 5.13. The van der Waals surface area contributed by atoms with Crippen molar-refractivity contribution in [3.8, 4) is 0 Å². The minimum absolute atomic E-state index is 0.620. The lowest BCUT2D eigenvalue weighted by Crippen LogP contribution is -2.36. The highest BCUT2D eigenvalue weighted by molar-refractivity contribution is 9.06. The van der Waals surface area contributed by atoms with Crippen LogP contribution in [0.1, 0.15) is 26.7 Å². The lowest BCUT2D eigenvalue weighted by atomic mass is 10.2. The van der Waals surface area contributed by atoms with Gasteiger partial charge < -0.3 is 0 Å². The summed E-state index contributed by atoms with van der Waals surface area (Å²) in [5.41, 5.74) is 1.19. The molecule has 0 spiro atoms. The van der Waals surface area contributed by atoms with E-state index in [9.17, 15) is 0 Å². The summed E-state index contributed by atoms with van der Waals surface area (Å²) in [6.45, 7) is 9.83. The number of hydrogen-bond acceptors (Lipinski definition) is 2. The Bertz CT molecular complexity index is 180. The largest absolute Gasteiger partial charge is 0.292 e. The molecule has 0 aromatic heterocycles. The molecule has 1 aliphatic rings. The Morgan fingerprint density at radius 3 is 2.69 bits per heavy atom. The smallest absolute Gasteiger partial charge is 0.114 e. The van der Waals surface area contributed by atoms with E-state index in [1.165, 1.54) is 18.4 Å². The lowest BCUT2D eigenvalue weighted by molar-refractivity contribution is 0.112. The zero-order valence-electron chi connectivity index (χ0n) is 8.42. The van der Waals surface area contributed by atoms with Crippen molar-refractivity contribution in [3.63, 3.8) is 0 Å². The molecule has 0 aromatic carbocycles. The van der Waals surface area contributed by atoms with Gasteiger partial charge in [-0.15, -0.1) is 0 Å². The Kier molecular flexibility index (Phi) is 4.42. The fourth-order valence-electron chi connectivity index (χ4n) is 1.59. The molecule has 0 radical (unpaired) electrons. The minimum Gasteiger partial charge on any atom is -0.292 e. The van der Waals surface area contributed by atoms with Crippen LogP contribution in [0.25, 0.3) is 0 Å². The van der Waals surface area contributed by atoms with Crippen molar-refractivity contribution in [1.29, 1.82) is 0 Å². The van der Waals surface area contributed by atoms with Crippen molar-refractivity contribution in [2.24, 2.45) is 5.92 Å². The first-order valence-electron chi connectivity index (χ1n) is 4.77. The summed E-state index contributed by atoms with van der Waals surface area (Å²) >= 11 is 3.01. The van der Waals surface area contributed by atoms with Crippen LogP contribution in [0.3, 0.4) is 0 Å². The molecule has 0 bridgehead atoms. The predicted octanol–water partition coefficient (Wildman–Crippen LogP) is 2.95. The van der Waals surface area contributed by atoms with Crippen LogP contribution in [0.4, 0.5) is 0 Å². The van der Waals surface area contributed by atoms with E-state index in [-0.39, 0.29) is 0 Å². The molecule has 0 aliphatic heterocycles. The highest BCUT2D eigenvalue weighted by Crippen LogP contribution is 2.35. The monoisotopic (exact) mass is 247 g/mol. The fraction of sp³-hybridized carbons (Fsp3) is 0.800. The molecule has 1 rings (SSSR count). The van der Waals surface area contributed by atoms with Crippen LogP contribution in [0, 0.1) is 5.92 Å². The number of halogens is 1. The Balaban J connectivity index is 2.39. The maximum atomic E-state index is 5.00. The van der Waals surface area contributed by atoms with E-state index in [4.69, 9.17) is 3.83 Å². The van der Waals surface area contributed by atoms with Gasteiger partial charge in [0.1, 0.15) is 23.0 Å². The van der Waals surface area contributed by atoms with Crippen LogP contribution in [0.15, 0.2) is 12.2 Å². The standard InChI is InChI=1S/C10H18BrNO/c1-8(2)6-12(7-13-11)9(3)10-4-5-10/h9-10H,1,4-7H2,2-3H3/t9-/m0/s1. The van der Waals surface area contributed by atoms with E-state index in [1.807, 2.05) is 0 Å². The van der Waals surface area contributed by atoms with Crippen LogP contribution in [0.2, 0.25) is 0 Å². The van der Waals surface area contributed by atoms with E-state index in [2.05, 4.69) is 41.6 Å². The van der Waals surface area contributed by atoms with E-state index >= 15 is 0 Å². The molecule has 3 heteroatoms. The second-order valence-corrected chi connectivity index (χ2v) is 4.48. The maximum absolute atomic E-state index is 5.00. The highest BCUT2D eigenvalue weighted by atomic mass is 79.9. The molecule has 0 N–H and O–H groups in total. The molecule has 0 saturated heterocycles. The Morgan fingerprint density at radius 2 is 2.31 bits per heavy atom. The van der Waals surface area contributed by atoms with Gasteiger partial charge in [-0.3, -0.25) is 8.73 Å². The molecule has 76 valence electrons. The molecule has 1 atom stereocenters. The van der Waals surface area contributed by atoms with Crippen molar-refractivity contribution in [1.82, 2.24) is 4.90 Å². The molecule has 0 amide bonds. The van der Waals surface area contributed by atoms with Crippen LogP contribution in [-0.4, -0.2) is 24.2 Å². The molecule has 2 nitrogen and oxygen atoms in total. The summed E-state index contributed by atoms with van der Waals surface area (Å²) in [5.74, 6) is 0.877. The summed E-state index contributed by atoms with van der Waals surface area (Å²) < 4.78 is 5.00. The van der Waals surface area contributed by atoms with Crippen molar-refractivity contribution in [2.75, 3.05) is 13.3 Å². The zero-order valence-corrected chi connectivity index (χ0v) is 10.0. The van der Waals surface area contributed by atoms with Gasteiger partial charge in [-0.25, -0.2) is 0 Å². The summed E-state index contributed by atoms with van der Waals surface area (Å²) in [5, 5.41) is 0. The number of nitrogens with zero attached hydrogens (tertiary/aromatic N) is 1. The van der Waals surface area contributed by atoms with Gasteiger partial charge in [-0.2, -0.15) is 0 Å². The van der Waals surface area contributed by atoms with Crippen molar-refractivity contribution >= 4 is 16.3 Å². The van der Waals surface area contributed by atoms with Crippen LogP contribution < -0.4 is 0 Å². The average molecular weight is 248 g/mol. The highest BCUT2D eigenvalue weighted by Gasteiger charge is 2.31. The van der Waals surface area contributed by atoms with Gasteiger partial charge in [-0.1, -0.05) is 12.2 Å². The van der Waals surface area contributed by atoms with Crippen LogP contribution >= 0.6 is 16.3 Å². The third-order valence-corrected chi connectivity index (χ3v) is 2.77. The van der Waals surface area contributed by atoms with Crippen LogP contribution in [-0.2, 0) is 3.83 Å². The van der Waals surface area contributed by atoms with Gasteiger partial charge in [0.15, 0.2) is 0 Å². The SMILES string of the molecule is C=C(C)CN(COBr)[C@@H](C)C1CC1. The van der Waals surface area contributed by atoms with Gasteiger partial charge in [0.25, 0.3) is 0 Å². The minimum atomic E-state index is 0.620. The first-order chi connectivity index (χ1) is 6.15. The average Bonchev–Trinajstić information content (AvgIpc) is 2.84. The van der Waals surface area contributed by atoms with E-state index < -0.39 is 0 Å². The third-order valence-electron chi connectivity index (χ3n) is 2.57. The van der Waals surface area contributed by atoms with Crippen molar-refractivity contribution < 1.29 is 3.83 Å². The van der Waals surface area contributed by atoms with Gasteiger partial charge in [0.05, 0.1) is 0 Å². The quantitative estimate of drug-likeness (QED) is 0.529. The van der Waals surface area contributed by atoms with Crippen molar-refractivity contribution in [3.05, 3.63) is 12.2 Å². The van der Waals surface area contributed by atoms with E-state index in [0.29, 0.717) is 12.8 Å². The molecule has 1 aliphatic carbocycles. The topological polar surface area (TPSA) is 12.5 Å². The van der Waals surface area contributed by atoms with E-state index in [1.54, 1.807) is 0 Å². The molecule has 0 heterocycles. The normalized spacial score (nSPS) is 19.1. The molecule has 1 saturated carbocycles. The van der Waals surface area contributed by atoms with E-state index in [0.717, 1.165) is 12.5 Å². The maximum Gasteiger partial charge on any atom is 0.114 e. The second-order valence-electron chi connectivity index (χ2n) is 4.02. The van der Waals surface area contributed by atoms with Crippen LogP contribution in [0.5, 0.6) is 0 Å². The van der Waals surface area contributed by atoms with Gasteiger partial charge in [0, 0.05) is 12.6 Å². The molecule has 13 heavy (non-hydrogen) atoms.